The van der Waals surface area contributed by atoms with Crippen molar-refractivity contribution in [2.45, 2.75) is 13.5 Å². The van der Waals surface area contributed by atoms with Gasteiger partial charge in [-0.1, -0.05) is 35.0 Å². The van der Waals surface area contributed by atoms with Gasteiger partial charge in [0.25, 0.3) is 0 Å². The van der Waals surface area contributed by atoms with Crippen LogP contribution in [0.15, 0.2) is 48.5 Å². The number of para-hydroxylation sites is 1. The first-order valence-electron chi connectivity index (χ1n) is 7.03. The highest BCUT2D eigenvalue weighted by Crippen LogP contribution is 2.18. The van der Waals surface area contributed by atoms with Gasteiger partial charge in [-0.15, -0.1) is 5.10 Å². The van der Waals surface area contributed by atoms with Gasteiger partial charge in [-0.3, -0.25) is 4.79 Å². The minimum absolute atomic E-state index is 0.0540. The average molecular weight is 311 g/mol. The van der Waals surface area contributed by atoms with E-state index >= 15 is 0 Å². The molecule has 0 radical (unpaired) electrons. The van der Waals surface area contributed by atoms with Crippen LogP contribution in [0, 0.1) is 12.7 Å². The van der Waals surface area contributed by atoms with E-state index in [4.69, 9.17) is 4.74 Å². The van der Waals surface area contributed by atoms with Crippen molar-refractivity contribution in [2.24, 2.45) is 0 Å². The normalized spacial score (nSPS) is 10.5. The Labute approximate surface area is 132 Å². The van der Waals surface area contributed by atoms with E-state index in [1.54, 1.807) is 18.2 Å². The van der Waals surface area contributed by atoms with Gasteiger partial charge in [-0.05, 0) is 31.2 Å². The number of hydrogen-bond donors (Lipinski definition) is 0. The molecule has 6 heteroatoms. The first-order chi connectivity index (χ1) is 11.2. The van der Waals surface area contributed by atoms with Gasteiger partial charge in [-0.2, -0.15) is 0 Å². The predicted octanol–water partition coefficient (Wildman–Crippen LogP) is 3.11. The summed E-state index contributed by atoms with van der Waals surface area (Å²) < 4.78 is 20.9. The van der Waals surface area contributed by atoms with Crippen molar-refractivity contribution in [3.05, 3.63) is 71.3 Å². The number of aryl methyl sites for hydroxylation is 1. The lowest BCUT2D eigenvalue weighted by molar-refractivity contribution is 0.111. The van der Waals surface area contributed by atoms with Gasteiger partial charge in [0, 0.05) is 0 Å². The zero-order valence-corrected chi connectivity index (χ0v) is 12.4. The summed E-state index contributed by atoms with van der Waals surface area (Å²) in [7, 11) is 0. The summed E-state index contributed by atoms with van der Waals surface area (Å²) in [4.78, 5) is 11.1. The Hall–Kier alpha value is -3.02. The summed E-state index contributed by atoms with van der Waals surface area (Å²) in [5, 5.41) is 7.64. The Morgan fingerprint density at radius 3 is 2.61 bits per heavy atom. The number of aldehydes is 1. The van der Waals surface area contributed by atoms with E-state index in [1.807, 2.05) is 31.2 Å². The summed E-state index contributed by atoms with van der Waals surface area (Å²) in [6.07, 6.45) is 0.582. The summed E-state index contributed by atoms with van der Waals surface area (Å²) >= 11 is 0. The van der Waals surface area contributed by atoms with E-state index in [0.29, 0.717) is 17.7 Å². The van der Waals surface area contributed by atoms with Crippen LogP contribution in [0.25, 0.3) is 5.69 Å². The maximum absolute atomic E-state index is 14.0. The molecule has 0 spiro atoms. The molecular formula is C17H14FN3O2. The number of ether oxygens (including phenoxy) is 1. The molecule has 5 nitrogen and oxygen atoms in total. The molecule has 0 saturated carbocycles. The van der Waals surface area contributed by atoms with Crippen molar-refractivity contribution in [3.8, 4) is 11.4 Å². The van der Waals surface area contributed by atoms with Crippen LogP contribution in [-0.4, -0.2) is 21.3 Å². The van der Waals surface area contributed by atoms with E-state index in [-0.39, 0.29) is 18.0 Å². The molecule has 0 bridgehead atoms. The molecule has 0 N–H and O–H groups in total. The monoisotopic (exact) mass is 311 g/mol. The fourth-order valence-electron chi connectivity index (χ4n) is 2.14. The third kappa shape index (κ3) is 3.11. The van der Waals surface area contributed by atoms with Crippen LogP contribution in [0.5, 0.6) is 5.75 Å². The maximum atomic E-state index is 14.0. The molecule has 1 heterocycles. The maximum Gasteiger partial charge on any atom is 0.172 e. The highest BCUT2D eigenvalue weighted by molar-refractivity contribution is 5.73. The Bertz CT molecular complexity index is 828. The molecule has 116 valence electrons. The molecule has 0 saturated heterocycles. The summed E-state index contributed by atoms with van der Waals surface area (Å²) in [6, 6.07) is 13.6. The number of halogens is 1. The molecule has 2 aromatic carbocycles. The second-order valence-electron chi connectivity index (χ2n) is 5.00. The van der Waals surface area contributed by atoms with E-state index in [2.05, 4.69) is 10.3 Å². The zero-order valence-electron chi connectivity index (χ0n) is 12.4. The lowest BCUT2D eigenvalue weighted by atomic mass is 10.2. The molecule has 0 aliphatic carbocycles. The van der Waals surface area contributed by atoms with Crippen LogP contribution >= 0.6 is 0 Å². The smallest absolute Gasteiger partial charge is 0.172 e. The second kappa shape index (κ2) is 6.39. The number of nitrogens with zero attached hydrogens (tertiary/aromatic N) is 3. The minimum atomic E-state index is -0.452. The largest absolute Gasteiger partial charge is 0.487 e. The van der Waals surface area contributed by atoms with Crippen LogP contribution in [0.1, 0.15) is 21.7 Å². The summed E-state index contributed by atoms with van der Waals surface area (Å²) in [5.41, 5.74) is 1.85. The minimum Gasteiger partial charge on any atom is -0.487 e. The van der Waals surface area contributed by atoms with Crippen molar-refractivity contribution >= 4 is 6.29 Å². The van der Waals surface area contributed by atoms with Gasteiger partial charge in [0.15, 0.2) is 12.0 Å². The van der Waals surface area contributed by atoms with Gasteiger partial charge in [0.2, 0.25) is 0 Å². The molecule has 0 aliphatic rings. The zero-order chi connectivity index (χ0) is 16.2. The third-order valence-electron chi connectivity index (χ3n) is 3.38. The standard InChI is InChI=1S/C17H14FN3O2/c1-12-6-8-13(9-7-12)23-11-17-15(10-22)19-20-21(17)16-5-3-2-4-14(16)18/h2-10H,11H2,1H3. The first kappa shape index (κ1) is 14.9. The fourth-order valence-corrected chi connectivity index (χ4v) is 2.14. The van der Waals surface area contributed by atoms with Crippen LogP contribution in [0.2, 0.25) is 0 Å². The average Bonchev–Trinajstić information content (AvgIpc) is 2.97. The van der Waals surface area contributed by atoms with Gasteiger partial charge in [0.1, 0.15) is 29.6 Å². The number of benzene rings is 2. The van der Waals surface area contributed by atoms with E-state index in [9.17, 15) is 9.18 Å². The number of hydrogen-bond acceptors (Lipinski definition) is 4. The summed E-state index contributed by atoms with van der Waals surface area (Å²) in [6.45, 7) is 2.03. The number of aromatic nitrogens is 3. The van der Waals surface area contributed by atoms with Crippen molar-refractivity contribution in [2.75, 3.05) is 0 Å². The molecule has 23 heavy (non-hydrogen) atoms. The number of carbonyl (C=O) groups is 1. The van der Waals surface area contributed by atoms with Gasteiger partial charge in [-0.25, -0.2) is 9.07 Å². The Morgan fingerprint density at radius 2 is 1.91 bits per heavy atom. The molecule has 0 fully saturated rings. The highest BCUT2D eigenvalue weighted by atomic mass is 19.1. The molecule has 0 aliphatic heterocycles. The van der Waals surface area contributed by atoms with Gasteiger partial charge in [0.05, 0.1) is 0 Å². The molecule has 0 amide bonds. The lowest BCUT2D eigenvalue weighted by Crippen LogP contribution is -2.09. The van der Waals surface area contributed by atoms with E-state index < -0.39 is 5.82 Å². The van der Waals surface area contributed by atoms with Crippen molar-refractivity contribution in [3.63, 3.8) is 0 Å². The lowest BCUT2D eigenvalue weighted by Gasteiger charge is -2.09. The quantitative estimate of drug-likeness (QED) is 0.679. The van der Waals surface area contributed by atoms with Crippen LogP contribution in [0.4, 0.5) is 4.39 Å². The molecule has 3 aromatic rings. The predicted molar refractivity (Wildman–Crippen MR) is 82.2 cm³/mol. The highest BCUT2D eigenvalue weighted by Gasteiger charge is 2.16. The Kier molecular flexibility index (Phi) is 4.14. The molecule has 1 aromatic heterocycles. The van der Waals surface area contributed by atoms with Crippen LogP contribution in [0.3, 0.4) is 0 Å². The first-order valence-corrected chi connectivity index (χ1v) is 7.03. The van der Waals surface area contributed by atoms with Crippen LogP contribution in [-0.2, 0) is 6.61 Å². The molecule has 0 unspecified atom stereocenters. The van der Waals surface area contributed by atoms with Crippen LogP contribution < -0.4 is 4.74 Å². The SMILES string of the molecule is Cc1ccc(OCc2c(C=O)nnn2-c2ccccc2F)cc1. The number of rotatable bonds is 5. The second-order valence-corrected chi connectivity index (χ2v) is 5.00. The summed E-state index contributed by atoms with van der Waals surface area (Å²) in [5.74, 6) is 0.195. The Balaban J connectivity index is 1.91. The van der Waals surface area contributed by atoms with Crippen molar-refractivity contribution in [1.29, 1.82) is 0 Å². The van der Waals surface area contributed by atoms with Crippen molar-refractivity contribution in [1.82, 2.24) is 15.0 Å². The van der Waals surface area contributed by atoms with E-state index in [1.165, 1.54) is 10.7 Å². The van der Waals surface area contributed by atoms with Gasteiger partial charge >= 0.3 is 0 Å². The van der Waals surface area contributed by atoms with Gasteiger partial charge < -0.3 is 4.74 Å². The van der Waals surface area contributed by atoms with Crippen molar-refractivity contribution < 1.29 is 13.9 Å². The Morgan fingerprint density at radius 1 is 1.17 bits per heavy atom. The fraction of sp³-hybridized carbons (Fsp3) is 0.118. The number of carbonyl (C=O) groups excluding carboxylic acids is 1. The topological polar surface area (TPSA) is 57.0 Å². The molecular weight excluding hydrogens is 297 g/mol. The third-order valence-corrected chi connectivity index (χ3v) is 3.38. The molecule has 3 rings (SSSR count). The van der Waals surface area contributed by atoms with E-state index in [0.717, 1.165) is 5.56 Å². The molecule has 0 atom stereocenters.